The molecule has 1 aromatic carbocycles. The van der Waals surface area contributed by atoms with Crippen LogP contribution in [0, 0.1) is 0 Å². The molecule has 1 fully saturated rings. The molecule has 2 unspecified atom stereocenters. The van der Waals surface area contributed by atoms with Crippen LogP contribution in [-0.4, -0.2) is 18.2 Å². The second kappa shape index (κ2) is 3.99. The number of halogens is 3. The van der Waals surface area contributed by atoms with Crippen LogP contribution in [0.4, 0.5) is 13.2 Å². The maximum atomic E-state index is 14.0. The lowest BCUT2D eigenvalue weighted by atomic mass is 10.0. The van der Waals surface area contributed by atoms with E-state index in [0.717, 1.165) is 0 Å². The van der Waals surface area contributed by atoms with Crippen LogP contribution in [0.5, 0.6) is 0 Å². The minimum Gasteiger partial charge on any atom is -0.335 e. The van der Waals surface area contributed by atoms with Gasteiger partial charge in [0.1, 0.15) is 0 Å². The molecule has 1 aliphatic rings. The molecule has 94 valence electrons. The van der Waals surface area contributed by atoms with Crippen LogP contribution in [0.2, 0.25) is 0 Å². The number of hydrogen-bond donors (Lipinski definition) is 0. The second-order valence-electron chi connectivity index (χ2n) is 4.40. The number of ether oxygens (including phenoxy) is 2. The third-order valence-corrected chi connectivity index (χ3v) is 2.56. The van der Waals surface area contributed by atoms with Crippen molar-refractivity contribution in [1.29, 1.82) is 0 Å². The van der Waals surface area contributed by atoms with Crippen LogP contribution >= 0.6 is 0 Å². The summed E-state index contributed by atoms with van der Waals surface area (Å²) in [4.78, 5) is 0. The van der Waals surface area contributed by atoms with Gasteiger partial charge in [-0.2, -0.15) is 8.78 Å². The van der Waals surface area contributed by atoms with Crippen molar-refractivity contribution in [2.24, 2.45) is 0 Å². The van der Waals surface area contributed by atoms with Crippen molar-refractivity contribution < 1.29 is 22.6 Å². The number of rotatable bonds is 2. The van der Waals surface area contributed by atoms with E-state index in [0.29, 0.717) is 0 Å². The van der Waals surface area contributed by atoms with Gasteiger partial charge in [-0.25, -0.2) is 4.39 Å². The number of hydrogen-bond acceptors (Lipinski definition) is 2. The molecular formula is C12H13F3O2. The normalized spacial score (nSPS) is 28.3. The highest BCUT2D eigenvalue weighted by molar-refractivity contribution is 5.22. The Morgan fingerprint density at radius 2 is 1.71 bits per heavy atom. The predicted molar refractivity (Wildman–Crippen MR) is 55.3 cm³/mol. The van der Waals surface area contributed by atoms with Crippen LogP contribution in [-0.2, 0) is 15.4 Å². The smallest absolute Gasteiger partial charge is 0.304 e. The van der Waals surface area contributed by atoms with E-state index in [2.05, 4.69) is 0 Å². The molecule has 1 heterocycles. The summed E-state index contributed by atoms with van der Waals surface area (Å²) < 4.78 is 51.1. The zero-order chi connectivity index (χ0) is 12.7. The fourth-order valence-electron chi connectivity index (χ4n) is 1.78. The molecule has 2 atom stereocenters. The van der Waals surface area contributed by atoms with E-state index in [4.69, 9.17) is 9.47 Å². The highest BCUT2D eigenvalue weighted by atomic mass is 19.3. The monoisotopic (exact) mass is 246 g/mol. The van der Waals surface area contributed by atoms with Crippen LogP contribution in [0.1, 0.15) is 19.4 Å². The number of alkyl halides is 3. The molecule has 0 aliphatic carbocycles. The summed E-state index contributed by atoms with van der Waals surface area (Å²) in [6, 6.07) is 7.03. The first-order valence-electron chi connectivity index (χ1n) is 5.26. The quantitative estimate of drug-likeness (QED) is 0.797. The molecule has 2 rings (SSSR count). The molecule has 0 N–H and O–H groups in total. The van der Waals surface area contributed by atoms with Gasteiger partial charge in [-0.1, -0.05) is 30.3 Å². The summed E-state index contributed by atoms with van der Waals surface area (Å²) in [5.41, 5.74) is -0.283. The van der Waals surface area contributed by atoms with E-state index in [1.54, 1.807) is 6.07 Å². The average molecular weight is 246 g/mol. The van der Waals surface area contributed by atoms with E-state index in [1.165, 1.54) is 38.1 Å². The molecular weight excluding hydrogens is 233 g/mol. The molecule has 1 saturated heterocycles. The Balaban J connectivity index is 2.28. The molecule has 0 amide bonds. The van der Waals surface area contributed by atoms with Gasteiger partial charge in [-0.15, -0.1) is 0 Å². The van der Waals surface area contributed by atoms with Crippen molar-refractivity contribution in [3.05, 3.63) is 35.9 Å². The highest BCUT2D eigenvalue weighted by Crippen LogP contribution is 2.42. The zero-order valence-corrected chi connectivity index (χ0v) is 9.49. The van der Waals surface area contributed by atoms with Crippen molar-refractivity contribution in [3.63, 3.8) is 0 Å². The summed E-state index contributed by atoms with van der Waals surface area (Å²) in [6.07, 6.45) is -4.06. The topological polar surface area (TPSA) is 18.5 Å². The Hall–Kier alpha value is -1.07. The number of benzene rings is 1. The molecule has 2 nitrogen and oxygen atoms in total. The van der Waals surface area contributed by atoms with Gasteiger partial charge in [-0.05, 0) is 13.8 Å². The molecule has 0 bridgehead atoms. The van der Waals surface area contributed by atoms with Gasteiger partial charge in [0.05, 0.1) is 0 Å². The average Bonchev–Trinajstić information content (AvgIpc) is 2.54. The van der Waals surface area contributed by atoms with Crippen molar-refractivity contribution in [2.45, 2.75) is 38.0 Å². The summed E-state index contributed by atoms with van der Waals surface area (Å²) in [6.45, 7) is 2.81. The lowest BCUT2D eigenvalue weighted by Crippen LogP contribution is -2.37. The first kappa shape index (κ1) is 12.4. The van der Waals surface area contributed by atoms with E-state index in [1.807, 2.05) is 0 Å². The Bertz CT molecular complexity index is 392. The fraction of sp³-hybridized carbons (Fsp3) is 0.500. The van der Waals surface area contributed by atoms with E-state index in [-0.39, 0.29) is 5.56 Å². The van der Waals surface area contributed by atoms with Crippen molar-refractivity contribution in [2.75, 3.05) is 0 Å². The Kier molecular flexibility index (Phi) is 2.91. The van der Waals surface area contributed by atoms with Crippen LogP contribution in [0.15, 0.2) is 30.3 Å². The van der Waals surface area contributed by atoms with E-state index < -0.39 is 24.2 Å². The molecule has 0 spiro atoms. The zero-order valence-electron chi connectivity index (χ0n) is 9.49. The maximum absolute atomic E-state index is 14.0. The van der Waals surface area contributed by atoms with Gasteiger partial charge < -0.3 is 9.47 Å². The van der Waals surface area contributed by atoms with E-state index >= 15 is 0 Å². The van der Waals surface area contributed by atoms with Gasteiger partial charge in [0, 0.05) is 5.56 Å². The molecule has 0 saturated carbocycles. The van der Waals surface area contributed by atoms with Crippen LogP contribution in [0.25, 0.3) is 0 Å². The Morgan fingerprint density at radius 3 is 2.18 bits per heavy atom. The fourth-order valence-corrected chi connectivity index (χ4v) is 1.78. The third-order valence-electron chi connectivity index (χ3n) is 2.56. The van der Waals surface area contributed by atoms with Gasteiger partial charge in [-0.3, -0.25) is 0 Å². The lowest BCUT2D eigenvalue weighted by Gasteiger charge is -2.24. The maximum Gasteiger partial charge on any atom is 0.304 e. The minimum absolute atomic E-state index is 0.283. The van der Waals surface area contributed by atoms with Gasteiger partial charge in [0.15, 0.2) is 11.9 Å². The van der Waals surface area contributed by atoms with Crippen molar-refractivity contribution in [1.82, 2.24) is 0 Å². The predicted octanol–water partition coefficient (Wildman–Crippen LogP) is 3.23. The minimum atomic E-state index is -3.42. The van der Waals surface area contributed by atoms with Crippen LogP contribution < -0.4 is 0 Å². The van der Waals surface area contributed by atoms with E-state index in [9.17, 15) is 13.2 Å². The molecule has 5 heteroatoms. The molecule has 1 aliphatic heterocycles. The Labute approximate surface area is 97.3 Å². The van der Waals surface area contributed by atoms with Gasteiger partial charge >= 0.3 is 5.92 Å². The SMILES string of the molecule is CC1(C)OC(F)C(C(F)(F)c2ccccc2)O1. The molecule has 0 aromatic heterocycles. The standard InChI is InChI=1S/C12H13F3O2/c1-11(2)16-9(10(13)17-11)12(14,15)8-6-4-3-5-7-8/h3-7,9-10H,1-2H3. The summed E-state index contributed by atoms with van der Waals surface area (Å²) in [5.74, 6) is -4.75. The van der Waals surface area contributed by atoms with Crippen molar-refractivity contribution >= 4 is 0 Å². The lowest BCUT2D eigenvalue weighted by molar-refractivity contribution is -0.185. The molecule has 0 radical (unpaired) electrons. The summed E-state index contributed by atoms with van der Waals surface area (Å²) in [5, 5.41) is 0. The highest BCUT2D eigenvalue weighted by Gasteiger charge is 2.55. The molecule has 1 aromatic rings. The third kappa shape index (κ3) is 2.30. The first-order valence-corrected chi connectivity index (χ1v) is 5.26. The van der Waals surface area contributed by atoms with Crippen molar-refractivity contribution in [3.8, 4) is 0 Å². The first-order chi connectivity index (χ1) is 7.83. The Morgan fingerprint density at radius 1 is 1.12 bits per heavy atom. The summed E-state index contributed by atoms with van der Waals surface area (Å²) in [7, 11) is 0. The second-order valence-corrected chi connectivity index (χ2v) is 4.40. The largest absolute Gasteiger partial charge is 0.335 e. The van der Waals surface area contributed by atoms with Gasteiger partial charge in [0.2, 0.25) is 6.36 Å². The molecule has 17 heavy (non-hydrogen) atoms. The summed E-state index contributed by atoms with van der Waals surface area (Å²) >= 11 is 0. The van der Waals surface area contributed by atoms with Gasteiger partial charge in [0.25, 0.3) is 0 Å². The van der Waals surface area contributed by atoms with Crippen LogP contribution in [0.3, 0.4) is 0 Å².